The van der Waals surface area contributed by atoms with Crippen LogP contribution in [-0.4, -0.2) is 57.2 Å². The van der Waals surface area contributed by atoms with Crippen LogP contribution >= 0.6 is 0 Å². The molecule has 1 saturated heterocycles. The molecule has 0 saturated carbocycles. The lowest BCUT2D eigenvalue weighted by Gasteiger charge is -2.34. The average molecular weight is 336 g/mol. The van der Waals surface area contributed by atoms with Crippen LogP contribution in [0.4, 0.5) is 5.95 Å². The monoisotopic (exact) mass is 336 g/mol. The van der Waals surface area contributed by atoms with Gasteiger partial charge in [-0.1, -0.05) is 0 Å². The Kier molecular flexibility index (Phi) is 4.07. The van der Waals surface area contributed by atoms with Gasteiger partial charge in [0.15, 0.2) is 0 Å². The Labute approximate surface area is 144 Å². The predicted molar refractivity (Wildman–Crippen MR) is 89.9 cm³/mol. The highest BCUT2D eigenvalue weighted by molar-refractivity contribution is 5.94. The number of carbonyl (C=O) groups is 1. The fourth-order valence-electron chi connectivity index (χ4n) is 2.80. The van der Waals surface area contributed by atoms with Gasteiger partial charge in [-0.2, -0.15) is 0 Å². The molecular formula is C17H16N6O2. The number of amides is 1. The van der Waals surface area contributed by atoms with Gasteiger partial charge in [-0.3, -0.25) is 4.79 Å². The number of benzene rings is 1. The van der Waals surface area contributed by atoms with Gasteiger partial charge in [0.05, 0.1) is 0 Å². The molecule has 1 fully saturated rings. The van der Waals surface area contributed by atoms with E-state index in [1.165, 1.54) is 6.39 Å². The molecule has 0 unspecified atom stereocenters. The molecule has 1 aliphatic rings. The molecule has 1 aromatic carbocycles. The van der Waals surface area contributed by atoms with Crippen LogP contribution in [-0.2, 0) is 0 Å². The van der Waals surface area contributed by atoms with Crippen molar-refractivity contribution >= 4 is 11.9 Å². The van der Waals surface area contributed by atoms with Gasteiger partial charge in [0.25, 0.3) is 5.91 Å². The fraction of sp³-hybridized carbons (Fsp3) is 0.235. The van der Waals surface area contributed by atoms with E-state index >= 15 is 0 Å². The minimum Gasteiger partial charge on any atom is -0.423 e. The zero-order valence-corrected chi connectivity index (χ0v) is 13.4. The second kappa shape index (κ2) is 6.68. The molecule has 1 amide bonds. The Morgan fingerprint density at radius 1 is 1.00 bits per heavy atom. The first-order valence-electron chi connectivity index (χ1n) is 7.99. The van der Waals surface area contributed by atoms with Gasteiger partial charge < -0.3 is 14.2 Å². The Hall–Kier alpha value is -3.29. The number of rotatable bonds is 3. The summed E-state index contributed by atoms with van der Waals surface area (Å²) in [6.07, 6.45) is 4.74. The summed E-state index contributed by atoms with van der Waals surface area (Å²) in [6, 6.07) is 8.99. The number of piperazine rings is 1. The van der Waals surface area contributed by atoms with Crippen molar-refractivity contribution in [3.05, 3.63) is 54.7 Å². The second-order valence-electron chi connectivity index (χ2n) is 5.65. The minimum atomic E-state index is 0.0192. The molecule has 0 atom stereocenters. The number of aromatic nitrogens is 4. The van der Waals surface area contributed by atoms with Gasteiger partial charge in [0.2, 0.25) is 18.2 Å². The third-order valence-electron chi connectivity index (χ3n) is 4.14. The van der Waals surface area contributed by atoms with Crippen LogP contribution in [0, 0.1) is 0 Å². The summed E-state index contributed by atoms with van der Waals surface area (Å²) >= 11 is 0. The van der Waals surface area contributed by atoms with E-state index in [-0.39, 0.29) is 5.91 Å². The van der Waals surface area contributed by atoms with Gasteiger partial charge in [-0.25, -0.2) is 9.97 Å². The van der Waals surface area contributed by atoms with Crippen molar-refractivity contribution in [2.75, 3.05) is 31.1 Å². The third-order valence-corrected chi connectivity index (χ3v) is 4.14. The molecule has 1 aliphatic heterocycles. The van der Waals surface area contributed by atoms with Crippen LogP contribution < -0.4 is 4.90 Å². The number of nitrogens with zero attached hydrogens (tertiary/aromatic N) is 6. The SMILES string of the molecule is O=C(c1ccc(-c2nnco2)cc1)N1CCN(c2ncccn2)CC1. The van der Waals surface area contributed by atoms with Crippen molar-refractivity contribution in [1.29, 1.82) is 0 Å². The van der Waals surface area contributed by atoms with Crippen molar-refractivity contribution in [3.8, 4) is 11.5 Å². The summed E-state index contributed by atoms with van der Waals surface area (Å²) in [5, 5.41) is 7.51. The largest absolute Gasteiger partial charge is 0.423 e. The van der Waals surface area contributed by atoms with E-state index in [4.69, 9.17) is 4.42 Å². The van der Waals surface area contributed by atoms with Crippen LogP contribution in [0.25, 0.3) is 11.5 Å². The lowest BCUT2D eigenvalue weighted by molar-refractivity contribution is 0.0746. The minimum absolute atomic E-state index is 0.0192. The summed E-state index contributed by atoms with van der Waals surface area (Å²) in [5.41, 5.74) is 1.44. The topological polar surface area (TPSA) is 88.3 Å². The predicted octanol–water partition coefficient (Wildman–Crippen LogP) is 1.49. The van der Waals surface area contributed by atoms with Crippen LogP contribution in [0.1, 0.15) is 10.4 Å². The van der Waals surface area contributed by atoms with Crippen LogP contribution in [0.3, 0.4) is 0 Å². The van der Waals surface area contributed by atoms with Crippen LogP contribution in [0.2, 0.25) is 0 Å². The smallest absolute Gasteiger partial charge is 0.253 e. The maximum absolute atomic E-state index is 12.7. The molecule has 8 heteroatoms. The van der Waals surface area contributed by atoms with Gasteiger partial charge >= 0.3 is 0 Å². The molecule has 8 nitrogen and oxygen atoms in total. The van der Waals surface area contributed by atoms with Crippen molar-refractivity contribution in [3.63, 3.8) is 0 Å². The Morgan fingerprint density at radius 3 is 2.36 bits per heavy atom. The van der Waals surface area contributed by atoms with E-state index in [0.29, 0.717) is 30.5 Å². The first-order chi connectivity index (χ1) is 12.3. The molecule has 25 heavy (non-hydrogen) atoms. The molecule has 0 radical (unpaired) electrons. The summed E-state index contributed by atoms with van der Waals surface area (Å²) in [5.74, 6) is 1.17. The fourth-order valence-corrected chi connectivity index (χ4v) is 2.80. The maximum atomic E-state index is 12.7. The van der Waals surface area contributed by atoms with Crippen LogP contribution in [0.15, 0.2) is 53.5 Å². The molecule has 126 valence electrons. The number of carbonyl (C=O) groups excluding carboxylic acids is 1. The molecular weight excluding hydrogens is 320 g/mol. The number of hydrogen-bond acceptors (Lipinski definition) is 7. The zero-order chi connectivity index (χ0) is 17.1. The quantitative estimate of drug-likeness (QED) is 0.716. The standard InChI is InChI=1S/C17H16N6O2/c24-16(14-4-2-13(3-5-14)15-21-20-12-25-15)22-8-10-23(11-9-22)17-18-6-1-7-19-17/h1-7,12H,8-11H2. The molecule has 0 aliphatic carbocycles. The molecule has 3 aromatic rings. The van der Waals surface area contributed by atoms with E-state index in [1.807, 2.05) is 17.0 Å². The molecule has 0 N–H and O–H groups in total. The molecule has 3 heterocycles. The normalized spacial score (nSPS) is 14.6. The first-order valence-corrected chi connectivity index (χ1v) is 7.99. The Bertz CT molecular complexity index is 827. The highest BCUT2D eigenvalue weighted by atomic mass is 16.4. The van der Waals surface area contributed by atoms with Gasteiger partial charge in [-0.15, -0.1) is 10.2 Å². The van der Waals surface area contributed by atoms with Crippen molar-refractivity contribution in [2.24, 2.45) is 0 Å². The van der Waals surface area contributed by atoms with Gasteiger partial charge in [0, 0.05) is 49.7 Å². The Balaban J connectivity index is 1.40. The summed E-state index contributed by atoms with van der Waals surface area (Å²) in [7, 11) is 0. The van der Waals surface area contributed by atoms with Gasteiger partial charge in [-0.05, 0) is 30.3 Å². The van der Waals surface area contributed by atoms with E-state index in [1.54, 1.807) is 30.6 Å². The second-order valence-corrected chi connectivity index (χ2v) is 5.65. The lowest BCUT2D eigenvalue weighted by atomic mass is 10.1. The van der Waals surface area contributed by atoms with E-state index < -0.39 is 0 Å². The molecule has 0 spiro atoms. The van der Waals surface area contributed by atoms with Crippen LogP contribution in [0.5, 0.6) is 0 Å². The Morgan fingerprint density at radius 2 is 1.72 bits per heavy atom. The highest BCUT2D eigenvalue weighted by Crippen LogP contribution is 2.18. The molecule has 0 bridgehead atoms. The van der Waals surface area contributed by atoms with Crippen molar-refractivity contribution in [2.45, 2.75) is 0 Å². The van der Waals surface area contributed by atoms with E-state index in [2.05, 4.69) is 25.1 Å². The number of hydrogen-bond donors (Lipinski definition) is 0. The van der Waals surface area contributed by atoms with Crippen molar-refractivity contribution < 1.29 is 9.21 Å². The zero-order valence-electron chi connectivity index (χ0n) is 13.4. The van der Waals surface area contributed by atoms with Crippen molar-refractivity contribution in [1.82, 2.24) is 25.1 Å². The summed E-state index contributed by atoms with van der Waals surface area (Å²) < 4.78 is 5.16. The third kappa shape index (κ3) is 3.18. The average Bonchev–Trinajstić information content (AvgIpc) is 3.23. The van der Waals surface area contributed by atoms with Gasteiger partial charge in [0.1, 0.15) is 0 Å². The highest BCUT2D eigenvalue weighted by Gasteiger charge is 2.23. The van der Waals surface area contributed by atoms with E-state index in [9.17, 15) is 4.79 Å². The lowest BCUT2D eigenvalue weighted by Crippen LogP contribution is -2.49. The maximum Gasteiger partial charge on any atom is 0.253 e. The molecule has 4 rings (SSSR count). The molecule has 2 aromatic heterocycles. The van der Waals surface area contributed by atoms with E-state index in [0.717, 1.165) is 18.7 Å². The summed E-state index contributed by atoms with van der Waals surface area (Å²) in [6.45, 7) is 2.72. The number of anilines is 1. The summed E-state index contributed by atoms with van der Waals surface area (Å²) in [4.78, 5) is 25.1. The first kappa shape index (κ1) is 15.3.